The molecule has 134 valence electrons. The zero-order valence-corrected chi connectivity index (χ0v) is 14.0. The van der Waals surface area contributed by atoms with Crippen molar-refractivity contribution in [2.45, 2.75) is 0 Å². The molecular formula is C17H18N6O3. The number of piperazine rings is 1. The van der Waals surface area contributed by atoms with E-state index in [0.29, 0.717) is 37.8 Å². The Morgan fingerprint density at radius 1 is 0.962 bits per heavy atom. The molecular weight excluding hydrogens is 336 g/mol. The van der Waals surface area contributed by atoms with Gasteiger partial charge in [-0.2, -0.15) is 0 Å². The Morgan fingerprint density at radius 3 is 2.19 bits per heavy atom. The largest absolute Gasteiger partial charge is 0.399 e. The van der Waals surface area contributed by atoms with Crippen LogP contribution in [0.5, 0.6) is 0 Å². The van der Waals surface area contributed by atoms with Crippen LogP contribution in [0.25, 0.3) is 0 Å². The Labute approximate surface area is 149 Å². The average Bonchev–Trinajstić information content (AvgIpc) is 2.68. The van der Waals surface area contributed by atoms with Crippen molar-refractivity contribution in [1.29, 1.82) is 0 Å². The first-order valence-corrected chi connectivity index (χ1v) is 8.06. The van der Waals surface area contributed by atoms with Gasteiger partial charge in [0.2, 0.25) is 5.95 Å². The van der Waals surface area contributed by atoms with Crippen molar-refractivity contribution < 1.29 is 14.4 Å². The molecule has 0 bridgehead atoms. The average molecular weight is 354 g/mol. The predicted molar refractivity (Wildman–Crippen MR) is 94.2 cm³/mol. The minimum atomic E-state index is -0.948. The van der Waals surface area contributed by atoms with Crippen molar-refractivity contribution in [2.75, 3.05) is 36.8 Å². The molecule has 2 aromatic rings. The summed E-state index contributed by atoms with van der Waals surface area (Å²) in [5, 5.41) is 2.11. The predicted octanol–water partition coefficient (Wildman–Crippen LogP) is -0.336. The summed E-state index contributed by atoms with van der Waals surface area (Å²) in [6.07, 6.45) is 3.30. The number of aromatic nitrogens is 2. The van der Waals surface area contributed by atoms with E-state index in [1.165, 1.54) is 17.0 Å². The lowest BCUT2D eigenvalue weighted by Gasteiger charge is -2.34. The van der Waals surface area contributed by atoms with Gasteiger partial charge in [-0.3, -0.25) is 19.7 Å². The number of rotatable bonds is 2. The molecule has 26 heavy (non-hydrogen) atoms. The Kier molecular flexibility index (Phi) is 5.07. The lowest BCUT2D eigenvalue weighted by atomic mass is 10.2. The lowest BCUT2D eigenvalue weighted by molar-refractivity contribution is -0.145. The zero-order valence-electron chi connectivity index (χ0n) is 14.0. The van der Waals surface area contributed by atoms with E-state index >= 15 is 0 Å². The van der Waals surface area contributed by atoms with E-state index in [2.05, 4.69) is 15.3 Å². The first-order chi connectivity index (χ1) is 12.5. The van der Waals surface area contributed by atoms with Gasteiger partial charge in [-0.15, -0.1) is 0 Å². The summed E-state index contributed by atoms with van der Waals surface area (Å²) in [6.45, 7) is 1.71. The number of hydrogen-bond acceptors (Lipinski definition) is 7. The van der Waals surface area contributed by atoms with Crippen LogP contribution in [-0.2, 0) is 9.59 Å². The summed E-state index contributed by atoms with van der Waals surface area (Å²) in [4.78, 5) is 48.0. The minimum absolute atomic E-state index is 0.256. The van der Waals surface area contributed by atoms with Gasteiger partial charge in [-0.05, 0) is 30.3 Å². The Balaban J connectivity index is 1.54. The molecule has 1 aliphatic rings. The van der Waals surface area contributed by atoms with Gasteiger partial charge >= 0.3 is 11.8 Å². The van der Waals surface area contributed by atoms with Crippen molar-refractivity contribution in [3.05, 3.63) is 48.3 Å². The molecule has 0 saturated carbocycles. The minimum Gasteiger partial charge on any atom is -0.399 e. The molecule has 3 N–H and O–H groups in total. The third-order valence-corrected chi connectivity index (χ3v) is 4.00. The number of nitrogens with two attached hydrogens (primary N) is 1. The van der Waals surface area contributed by atoms with Gasteiger partial charge in [-0.25, -0.2) is 9.97 Å². The van der Waals surface area contributed by atoms with E-state index in [0.717, 1.165) is 0 Å². The smallest absolute Gasteiger partial charge is 0.316 e. The van der Waals surface area contributed by atoms with Gasteiger partial charge in [0.15, 0.2) is 0 Å². The highest BCUT2D eigenvalue weighted by Gasteiger charge is 2.28. The summed E-state index contributed by atoms with van der Waals surface area (Å²) in [7, 11) is 0. The molecule has 1 fully saturated rings. The number of amides is 3. The maximum atomic E-state index is 12.3. The Bertz CT molecular complexity index is 801. The fourth-order valence-electron chi connectivity index (χ4n) is 2.57. The molecule has 0 unspecified atom stereocenters. The van der Waals surface area contributed by atoms with Crippen LogP contribution in [0, 0.1) is 0 Å². The number of imide groups is 1. The molecule has 3 rings (SSSR count). The van der Waals surface area contributed by atoms with Gasteiger partial charge < -0.3 is 15.5 Å². The monoisotopic (exact) mass is 354 g/mol. The number of hydrogen-bond donors (Lipinski definition) is 2. The van der Waals surface area contributed by atoms with Gasteiger partial charge in [-0.1, -0.05) is 0 Å². The topological polar surface area (TPSA) is 122 Å². The highest BCUT2D eigenvalue weighted by atomic mass is 16.2. The first-order valence-electron chi connectivity index (χ1n) is 8.06. The van der Waals surface area contributed by atoms with Gasteiger partial charge in [0, 0.05) is 49.8 Å². The fourth-order valence-corrected chi connectivity index (χ4v) is 2.57. The van der Waals surface area contributed by atoms with E-state index in [1.54, 1.807) is 30.6 Å². The number of benzene rings is 1. The maximum absolute atomic E-state index is 12.3. The van der Waals surface area contributed by atoms with Crippen LogP contribution in [0.4, 0.5) is 11.6 Å². The molecule has 9 nitrogen and oxygen atoms in total. The SMILES string of the molecule is Nc1ccc(C(=O)NC(=O)C(=O)N2CCN(c3ncccn3)CC2)cc1. The van der Waals surface area contributed by atoms with Crippen LogP contribution in [0.15, 0.2) is 42.7 Å². The molecule has 1 aromatic carbocycles. The molecule has 0 spiro atoms. The van der Waals surface area contributed by atoms with Crippen LogP contribution in [0.1, 0.15) is 10.4 Å². The highest BCUT2D eigenvalue weighted by Crippen LogP contribution is 2.10. The summed E-state index contributed by atoms with van der Waals surface area (Å²) in [6, 6.07) is 7.80. The first kappa shape index (κ1) is 17.3. The zero-order chi connectivity index (χ0) is 18.5. The second kappa shape index (κ2) is 7.60. The van der Waals surface area contributed by atoms with Gasteiger partial charge in [0.1, 0.15) is 0 Å². The Hall–Kier alpha value is -3.49. The number of carbonyl (C=O) groups excluding carboxylic acids is 3. The van der Waals surface area contributed by atoms with E-state index < -0.39 is 17.7 Å². The quantitative estimate of drug-likeness (QED) is 0.559. The van der Waals surface area contributed by atoms with Crippen LogP contribution in [0.3, 0.4) is 0 Å². The molecule has 2 heterocycles. The number of nitrogens with zero attached hydrogens (tertiary/aromatic N) is 4. The second-order valence-corrected chi connectivity index (χ2v) is 5.73. The van der Waals surface area contributed by atoms with Crippen molar-refractivity contribution in [2.24, 2.45) is 0 Å². The number of nitrogen functional groups attached to an aromatic ring is 1. The summed E-state index contributed by atoms with van der Waals surface area (Å²) < 4.78 is 0. The van der Waals surface area contributed by atoms with Gasteiger partial charge in [0.05, 0.1) is 0 Å². The van der Waals surface area contributed by atoms with Crippen LogP contribution < -0.4 is 16.0 Å². The number of nitrogens with one attached hydrogen (secondary N) is 1. The van der Waals surface area contributed by atoms with Gasteiger partial charge in [0.25, 0.3) is 5.91 Å². The Morgan fingerprint density at radius 2 is 1.58 bits per heavy atom. The maximum Gasteiger partial charge on any atom is 0.316 e. The van der Waals surface area contributed by atoms with E-state index in [9.17, 15) is 14.4 Å². The number of anilines is 2. The van der Waals surface area contributed by atoms with E-state index in [4.69, 9.17) is 5.73 Å². The standard InChI is InChI=1S/C17H18N6O3/c18-13-4-2-12(3-5-13)14(24)21-15(25)16(26)22-8-10-23(11-9-22)17-19-6-1-7-20-17/h1-7H,8-11,18H2,(H,21,24,25). The third kappa shape index (κ3) is 3.94. The molecule has 9 heteroatoms. The summed E-state index contributed by atoms with van der Waals surface area (Å²) in [5.41, 5.74) is 6.31. The molecule has 0 aliphatic carbocycles. The van der Waals surface area contributed by atoms with Crippen molar-refractivity contribution >= 4 is 29.4 Å². The fraction of sp³-hybridized carbons (Fsp3) is 0.235. The van der Waals surface area contributed by atoms with Crippen LogP contribution >= 0.6 is 0 Å². The molecule has 1 aliphatic heterocycles. The van der Waals surface area contributed by atoms with Crippen LogP contribution in [0.2, 0.25) is 0 Å². The number of carbonyl (C=O) groups is 3. The molecule has 0 radical (unpaired) electrons. The third-order valence-electron chi connectivity index (χ3n) is 4.00. The molecule has 3 amide bonds. The summed E-state index contributed by atoms with van der Waals surface area (Å²) >= 11 is 0. The molecule has 1 saturated heterocycles. The van der Waals surface area contributed by atoms with Crippen molar-refractivity contribution in [1.82, 2.24) is 20.2 Å². The molecule has 0 atom stereocenters. The highest BCUT2D eigenvalue weighted by molar-refractivity contribution is 6.38. The van der Waals surface area contributed by atoms with E-state index in [1.807, 2.05) is 4.90 Å². The van der Waals surface area contributed by atoms with E-state index in [-0.39, 0.29) is 5.56 Å². The molecule has 1 aromatic heterocycles. The lowest BCUT2D eigenvalue weighted by Crippen LogP contribution is -2.53. The van der Waals surface area contributed by atoms with Crippen molar-refractivity contribution in [3.63, 3.8) is 0 Å². The normalized spacial score (nSPS) is 14.0. The van der Waals surface area contributed by atoms with Crippen molar-refractivity contribution in [3.8, 4) is 0 Å². The summed E-state index contributed by atoms with van der Waals surface area (Å²) in [5.74, 6) is -1.74. The van der Waals surface area contributed by atoms with Crippen LogP contribution in [-0.4, -0.2) is 58.8 Å². The second-order valence-electron chi connectivity index (χ2n) is 5.73.